The minimum absolute atomic E-state index is 0.157. The number of carbonyl (C=O) groups is 1. The van der Waals surface area contributed by atoms with Gasteiger partial charge in [0.05, 0.1) is 6.26 Å². The third kappa shape index (κ3) is 5.05. The molecule has 3 rings (SSSR count). The molecule has 9 heteroatoms. The van der Waals surface area contributed by atoms with Crippen LogP contribution < -0.4 is 9.46 Å². The molecule has 0 saturated heterocycles. The van der Waals surface area contributed by atoms with Gasteiger partial charge in [-0.05, 0) is 49.4 Å². The third-order valence-electron chi connectivity index (χ3n) is 3.65. The van der Waals surface area contributed by atoms with Gasteiger partial charge in [-0.1, -0.05) is 11.6 Å². The monoisotopic (exact) mass is 417 g/mol. The number of hydrogen-bond acceptors (Lipinski definition) is 6. The Morgan fingerprint density at radius 3 is 2.32 bits per heavy atom. The molecule has 144 valence electrons. The summed E-state index contributed by atoms with van der Waals surface area (Å²) in [5.41, 5.74) is 1.31. The second kappa shape index (κ2) is 7.95. The number of nitrogens with zero attached hydrogens (tertiary/aromatic N) is 2. The molecule has 0 bridgehead atoms. The van der Waals surface area contributed by atoms with Crippen LogP contribution in [-0.2, 0) is 10.0 Å². The van der Waals surface area contributed by atoms with Gasteiger partial charge in [0.25, 0.3) is 5.91 Å². The normalized spacial score (nSPS) is 11.1. The fourth-order valence-corrected chi connectivity index (χ4v) is 2.96. The van der Waals surface area contributed by atoms with E-state index in [9.17, 15) is 13.2 Å². The smallest absolute Gasteiger partial charge is 0.264 e. The first kappa shape index (κ1) is 19.8. The van der Waals surface area contributed by atoms with Crippen LogP contribution in [0.3, 0.4) is 0 Å². The quantitative estimate of drug-likeness (QED) is 0.681. The number of halogens is 1. The SMILES string of the molecule is Cc1ncc(-c2cc(C(=O)NS(C)(=O)=O)ccc2Oc2ccc(Cl)cc2)cn1. The van der Waals surface area contributed by atoms with Crippen LogP contribution in [0.4, 0.5) is 0 Å². The number of carbonyl (C=O) groups excluding carboxylic acids is 1. The highest BCUT2D eigenvalue weighted by molar-refractivity contribution is 7.89. The van der Waals surface area contributed by atoms with Crippen LogP contribution >= 0.6 is 11.6 Å². The van der Waals surface area contributed by atoms with E-state index in [-0.39, 0.29) is 5.56 Å². The Hall–Kier alpha value is -2.97. The highest BCUT2D eigenvalue weighted by atomic mass is 35.5. The van der Waals surface area contributed by atoms with Gasteiger partial charge < -0.3 is 4.74 Å². The minimum atomic E-state index is -3.69. The Morgan fingerprint density at radius 1 is 1.07 bits per heavy atom. The van der Waals surface area contributed by atoms with Crippen LogP contribution in [0, 0.1) is 6.92 Å². The van der Waals surface area contributed by atoms with Crippen molar-refractivity contribution < 1.29 is 17.9 Å². The first-order chi connectivity index (χ1) is 13.2. The average Bonchev–Trinajstić information content (AvgIpc) is 2.63. The van der Waals surface area contributed by atoms with Crippen molar-refractivity contribution in [2.75, 3.05) is 6.26 Å². The minimum Gasteiger partial charge on any atom is -0.457 e. The Bertz CT molecular complexity index is 1110. The fourth-order valence-electron chi connectivity index (χ4n) is 2.37. The largest absolute Gasteiger partial charge is 0.457 e. The highest BCUT2D eigenvalue weighted by Gasteiger charge is 2.16. The molecule has 0 spiro atoms. The van der Waals surface area contributed by atoms with Crippen molar-refractivity contribution in [2.24, 2.45) is 0 Å². The third-order valence-corrected chi connectivity index (χ3v) is 4.46. The molecule has 0 saturated carbocycles. The van der Waals surface area contributed by atoms with Crippen LogP contribution in [0.2, 0.25) is 5.02 Å². The lowest BCUT2D eigenvalue weighted by Gasteiger charge is -2.13. The van der Waals surface area contributed by atoms with Gasteiger partial charge in [0, 0.05) is 34.1 Å². The van der Waals surface area contributed by atoms with Crippen LogP contribution in [-0.4, -0.2) is 30.5 Å². The number of nitrogens with one attached hydrogen (secondary N) is 1. The molecular formula is C19H16ClN3O4S. The van der Waals surface area contributed by atoms with E-state index in [0.29, 0.717) is 33.5 Å². The second-order valence-corrected chi connectivity index (χ2v) is 8.17. The molecule has 0 fully saturated rings. The van der Waals surface area contributed by atoms with Gasteiger partial charge in [-0.15, -0.1) is 0 Å². The number of ether oxygens (including phenoxy) is 1. The summed E-state index contributed by atoms with van der Waals surface area (Å²) in [6.07, 6.45) is 4.12. The zero-order valence-corrected chi connectivity index (χ0v) is 16.6. The van der Waals surface area contributed by atoms with Crippen molar-refractivity contribution in [2.45, 2.75) is 6.92 Å². The summed E-state index contributed by atoms with van der Waals surface area (Å²) in [6, 6.07) is 11.4. The van der Waals surface area contributed by atoms with Crippen molar-refractivity contribution >= 4 is 27.5 Å². The number of amides is 1. The van der Waals surface area contributed by atoms with E-state index >= 15 is 0 Å². The maximum Gasteiger partial charge on any atom is 0.264 e. The molecule has 0 atom stereocenters. The van der Waals surface area contributed by atoms with Gasteiger partial charge in [0.1, 0.15) is 17.3 Å². The fraction of sp³-hybridized carbons (Fsp3) is 0.105. The molecule has 1 heterocycles. The first-order valence-electron chi connectivity index (χ1n) is 8.10. The zero-order chi connectivity index (χ0) is 20.3. The van der Waals surface area contributed by atoms with Crippen LogP contribution in [0.15, 0.2) is 54.9 Å². The Morgan fingerprint density at radius 2 is 1.71 bits per heavy atom. The first-order valence-corrected chi connectivity index (χ1v) is 10.4. The maximum absolute atomic E-state index is 12.2. The number of benzene rings is 2. The van der Waals surface area contributed by atoms with Gasteiger partial charge in [-0.3, -0.25) is 4.79 Å². The lowest BCUT2D eigenvalue weighted by atomic mass is 10.0. The molecule has 7 nitrogen and oxygen atoms in total. The van der Waals surface area contributed by atoms with Gasteiger partial charge >= 0.3 is 0 Å². The Kier molecular flexibility index (Phi) is 5.62. The average molecular weight is 418 g/mol. The topological polar surface area (TPSA) is 98.2 Å². The van der Waals surface area contributed by atoms with Gasteiger partial charge in [-0.25, -0.2) is 23.1 Å². The van der Waals surface area contributed by atoms with Crippen molar-refractivity contribution in [3.05, 3.63) is 71.3 Å². The predicted molar refractivity (Wildman–Crippen MR) is 106 cm³/mol. The molecule has 1 N–H and O–H groups in total. The summed E-state index contributed by atoms with van der Waals surface area (Å²) in [5.74, 6) is 0.849. The van der Waals surface area contributed by atoms with E-state index in [0.717, 1.165) is 6.26 Å². The molecule has 1 amide bonds. The van der Waals surface area contributed by atoms with Crippen molar-refractivity contribution in [3.8, 4) is 22.6 Å². The summed E-state index contributed by atoms with van der Waals surface area (Å²) in [7, 11) is -3.69. The predicted octanol–water partition coefficient (Wildman–Crippen LogP) is 3.59. The Balaban J connectivity index is 2.04. The summed E-state index contributed by atoms with van der Waals surface area (Å²) in [6.45, 7) is 1.75. The molecule has 0 unspecified atom stereocenters. The summed E-state index contributed by atoms with van der Waals surface area (Å²) < 4.78 is 30.6. The molecule has 28 heavy (non-hydrogen) atoms. The number of rotatable bonds is 5. The van der Waals surface area contributed by atoms with Gasteiger partial charge in [0.2, 0.25) is 10.0 Å². The molecule has 1 aromatic heterocycles. The maximum atomic E-state index is 12.2. The summed E-state index contributed by atoms with van der Waals surface area (Å²) in [4.78, 5) is 20.6. The lowest BCUT2D eigenvalue weighted by molar-refractivity contribution is 0.0981. The molecule has 0 aliphatic heterocycles. The molecular weight excluding hydrogens is 402 g/mol. The number of sulfonamides is 1. The standard InChI is InChI=1S/C19H16ClN3O4S/c1-12-21-10-14(11-22-12)17-9-13(19(24)23-28(2,25)26)3-8-18(17)27-16-6-4-15(20)5-7-16/h3-11H,1-2H3,(H,23,24). The molecule has 0 aliphatic carbocycles. The van der Waals surface area contributed by atoms with Crippen LogP contribution in [0.5, 0.6) is 11.5 Å². The van der Waals surface area contributed by atoms with Crippen LogP contribution in [0.25, 0.3) is 11.1 Å². The van der Waals surface area contributed by atoms with Crippen molar-refractivity contribution in [1.82, 2.24) is 14.7 Å². The lowest BCUT2D eigenvalue weighted by Crippen LogP contribution is -2.29. The van der Waals surface area contributed by atoms with Crippen molar-refractivity contribution in [3.63, 3.8) is 0 Å². The number of hydrogen-bond donors (Lipinski definition) is 1. The van der Waals surface area contributed by atoms with E-state index < -0.39 is 15.9 Å². The van der Waals surface area contributed by atoms with E-state index in [4.69, 9.17) is 16.3 Å². The van der Waals surface area contributed by atoms with Gasteiger partial charge in [-0.2, -0.15) is 0 Å². The van der Waals surface area contributed by atoms with E-state index in [2.05, 4.69) is 9.97 Å². The van der Waals surface area contributed by atoms with E-state index in [1.165, 1.54) is 12.1 Å². The summed E-state index contributed by atoms with van der Waals surface area (Å²) >= 11 is 5.90. The second-order valence-electron chi connectivity index (χ2n) is 5.99. The zero-order valence-electron chi connectivity index (χ0n) is 15.0. The van der Waals surface area contributed by atoms with Gasteiger partial charge in [0.15, 0.2) is 0 Å². The molecule has 2 aromatic carbocycles. The Labute approximate surface area is 167 Å². The number of aromatic nitrogens is 2. The number of aryl methyl sites for hydroxylation is 1. The van der Waals surface area contributed by atoms with E-state index in [1.54, 1.807) is 49.6 Å². The summed E-state index contributed by atoms with van der Waals surface area (Å²) in [5, 5.41) is 0.576. The van der Waals surface area contributed by atoms with Crippen molar-refractivity contribution in [1.29, 1.82) is 0 Å². The van der Waals surface area contributed by atoms with E-state index in [1.807, 2.05) is 4.72 Å². The highest BCUT2D eigenvalue weighted by Crippen LogP contribution is 2.34. The molecule has 0 aliphatic rings. The molecule has 0 radical (unpaired) electrons. The van der Waals surface area contributed by atoms with Crippen LogP contribution in [0.1, 0.15) is 16.2 Å². The molecule has 3 aromatic rings.